The molecule has 4 heteroatoms. The van der Waals surface area contributed by atoms with Crippen LogP contribution in [0, 0.1) is 0 Å². The average molecular weight is 303 g/mol. The highest BCUT2D eigenvalue weighted by Gasteiger charge is 2.28. The van der Waals surface area contributed by atoms with Crippen LogP contribution < -0.4 is 5.32 Å². The lowest BCUT2D eigenvalue weighted by atomic mass is 9.93. The van der Waals surface area contributed by atoms with Crippen molar-refractivity contribution in [3.05, 3.63) is 46.7 Å². The van der Waals surface area contributed by atoms with Crippen LogP contribution in [0.4, 0.5) is 0 Å². The molecular weight excluding hydrogens is 282 g/mol. The zero-order valence-corrected chi connectivity index (χ0v) is 13.2. The van der Waals surface area contributed by atoms with Crippen molar-refractivity contribution in [1.82, 2.24) is 5.32 Å². The van der Waals surface area contributed by atoms with Crippen molar-refractivity contribution >= 4 is 17.2 Å². The molecule has 21 heavy (non-hydrogen) atoms. The largest absolute Gasteiger partial charge is 0.394 e. The second kappa shape index (κ2) is 6.87. The Morgan fingerprint density at radius 3 is 2.43 bits per heavy atom. The van der Waals surface area contributed by atoms with Crippen molar-refractivity contribution in [3.63, 3.8) is 0 Å². The number of benzene rings is 1. The number of aliphatic hydroxyl groups excluding tert-OH is 1. The summed E-state index contributed by atoms with van der Waals surface area (Å²) in [5.74, 6) is -0.110. The van der Waals surface area contributed by atoms with Crippen LogP contribution >= 0.6 is 11.3 Å². The van der Waals surface area contributed by atoms with E-state index in [1.807, 2.05) is 55.6 Å². The Bertz CT molecular complexity index is 580. The topological polar surface area (TPSA) is 49.3 Å². The zero-order valence-electron chi connectivity index (χ0n) is 12.4. The molecule has 0 fully saturated rings. The quantitative estimate of drug-likeness (QED) is 0.855. The number of rotatable bonds is 6. The van der Waals surface area contributed by atoms with Gasteiger partial charge in [0.2, 0.25) is 0 Å². The molecule has 0 radical (unpaired) electrons. The van der Waals surface area contributed by atoms with Gasteiger partial charge in [-0.3, -0.25) is 4.79 Å². The van der Waals surface area contributed by atoms with Crippen LogP contribution in [0.5, 0.6) is 0 Å². The summed E-state index contributed by atoms with van der Waals surface area (Å²) in [5, 5.41) is 14.5. The SMILES string of the molecule is CCC(CC)(CO)NC(=O)c1sccc1-c1ccccc1. The Balaban J connectivity index is 2.28. The summed E-state index contributed by atoms with van der Waals surface area (Å²) < 4.78 is 0. The summed E-state index contributed by atoms with van der Waals surface area (Å²) in [6.07, 6.45) is 1.41. The first-order valence-corrected chi connectivity index (χ1v) is 8.10. The molecule has 0 bridgehead atoms. The van der Waals surface area contributed by atoms with E-state index in [0.29, 0.717) is 17.7 Å². The maximum Gasteiger partial charge on any atom is 0.262 e. The normalized spacial score (nSPS) is 11.4. The van der Waals surface area contributed by atoms with Gasteiger partial charge in [0.1, 0.15) is 0 Å². The molecule has 2 N–H and O–H groups in total. The second-order valence-corrected chi connectivity index (χ2v) is 6.05. The van der Waals surface area contributed by atoms with E-state index < -0.39 is 5.54 Å². The third-order valence-electron chi connectivity index (χ3n) is 3.99. The number of nitrogens with one attached hydrogen (secondary N) is 1. The third kappa shape index (κ3) is 3.34. The molecule has 3 nitrogen and oxygen atoms in total. The molecule has 0 spiro atoms. The van der Waals surface area contributed by atoms with Crippen molar-refractivity contribution in [2.75, 3.05) is 6.61 Å². The number of amides is 1. The van der Waals surface area contributed by atoms with Gasteiger partial charge >= 0.3 is 0 Å². The molecule has 0 aliphatic rings. The average Bonchev–Trinajstić information content (AvgIpc) is 3.03. The molecule has 2 aromatic rings. The fourth-order valence-corrected chi connectivity index (χ4v) is 3.13. The van der Waals surface area contributed by atoms with Gasteiger partial charge in [-0.05, 0) is 29.9 Å². The van der Waals surface area contributed by atoms with E-state index in [4.69, 9.17) is 0 Å². The van der Waals surface area contributed by atoms with E-state index in [-0.39, 0.29) is 12.5 Å². The molecular formula is C17H21NO2S. The van der Waals surface area contributed by atoms with E-state index >= 15 is 0 Å². The number of carbonyl (C=O) groups excluding carboxylic acids is 1. The summed E-state index contributed by atoms with van der Waals surface area (Å²) in [6, 6.07) is 11.8. The first-order chi connectivity index (χ1) is 10.2. The van der Waals surface area contributed by atoms with Gasteiger partial charge in [0, 0.05) is 5.56 Å². The van der Waals surface area contributed by atoms with Gasteiger partial charge in [-0.2, -0.15) is 0 Å². The minimum absolute atomic E-state index is 0.0439. The van der Waals surface area contributed by atoms with Crippen LogP contribution in [-0.2, 0) is 0 Å². The van der Waals surface area contributed by atoms with Gasteiger partial charge in [-0.15, -0.1) is 11.3 Å². The molecule has 1 heterocycles. The molecule has 1 amide bonds. The standard InChI is InChI=1S/C17H21NO2S/c1-3-17(4-2,12-19)18-16(20)15-14(10-11-21-15)13-8-6-5-7-9-13/h5-11,19H,3-4,12H2,1-2H3,(H,18,20). The van der Waals surface area contributed by atoms with Gasteiger partial charge in [-0.25, -0.2) is 0 Å². The molecule has 0 unspecified atom stereocenters. The van der Waals surface area contributed by atoms with Gasteiger partial charge in [0.25, 0.3) is 5.91 Å². The molecule has 0 aliphatic carbocycles. The maximum atomic E-state index is 12.6. The van der Waals surface area contributed by atoms with Crippen LogP contribution in [0.1, 0.15) is 36.4 Å². The van der Waals surface area contributed by atoms with Gasteiger partial charge in [0.05, 0.1) is 17.0 Å². The Morgan fingerprint density at radius 1 is 1.19 bits per heavy atom. The Morgan fingerprint density at radius 2 is 1.86 bits per heavy atom. The Hall–Kier alpha value is -1.65. The number of aliphatic hydroxyl groups is 1. The predicted octanol–water partition coefficient (Wildman–Crippen LogP) is 3.70. The summed E-state index contributed by atoms with van der Waals surface area (Å²) in [5.41, 5.74) is 1.44. The summed E-state index contributed by atoms with van der Waals surface area (Å²) in [4.78, 5) is 13.3. The van der Waals surface area contributed by atoms with Crippen molar-refractivity contribution in [2.24, 2.45) is 0 Å². The fourth-order valence-electron chi connectivity index (χ4n) is 2.32. The molecule has 0 aliphatic heterocycles. The van der Waals surface area contributed by atoms with E-state index in [0.717, 1.165) is 11.1 Å². The fraction of sp³-hybridized carbons (Fsp3) is 0.353. The van der Waals surface area contributed by atoms with Crippen LogP contribution in [0.2, 0.25) is 0 Å². The van der Waals surface area contributed by atoms with Gasteiger partial charge in [-0.1, -0.05) is 44.2 Å². The summed E-state index contributed by atoms with van der Waals surface area (Å²) in [6.45, 7) is 3.91. The van der Waals surface area contributed by atoms with E-state index in [1.165, 1.54) is 11.3 Å². The van der Waals surface area contributed by atoms with Crippen molar-refractivity contribution in [3.8, 4) is 11.1 Å². The monoisotopic (exact) mass is 303 g/mol. The summed E-state index contributed by atoms with van der Waals surface area (Å²) >= 11 is 1.43. The summed E-state index contributed by atoms with van der Waals surface area (Å²) in [7, 11) is 0. The van der Waals surface area contributed by atoms with E-state index in [2.05, 4.69) is 5.32 Å². The highest BCUT2D eigenvalue weighted by Crippen LogP contribution is 2.29. The van der Waals surface area contributed by atoms with Crippen molar-refractivity contribution in [2.45, 2.75) is 32.2 Å². The highest BCUT2D eigenvalue weighted by molar-refractivity contribution is 7.12. The smallest absolute Gasteiger partial charge is 0.262 e. The minimum Gasteiger partial charge on any atom is -0.394 e. The van der Waals surface area contributed by atoms with Crippen LogP contribution in [0.15, 0.2) is 41.8 Å². The lowest BCUT2D eigenvalue weighted by Gasteiger charge is -2.30. The number of thiophene rings is 1. The molecule has 0 saturated heterocycles. The molecule has 0 saturated carbocycles. The molecule has 1 aromatic carbocycles. The Labute approximate surface area is 129 Å². The van der Waals surface area contributed by atoms with Crippen molar-refractivity contribution in [1.29, 1.82) is 0 Å². The number of hydrogen-bond acceptors (Lipinski definition) is 3. The van der Waals surface area contributed by atoms with Crippen LogP contribution in [-0.4, -0.2) is 23.2 Å². The molecule has 0 atom stereocenters. The first kappa shape index (κ1) is 15.7. The predicted molar refractivity (Wildman–Crippen MR) is 87.6 cm³/mol. The third-order valence-corrected chi connectivity index (χ3v) is 4.90. The zero-order chi connectivity index (χ0) is 15.3. The lowest BCUT2D eigenvalue weighted by molar-refractivity contribution is 0.0822. The molecule has 112 valence electrons. The number of carbonyl (C=O) groups is 1. The highest BCUT2D eigenvalue weighted by atomic mass is 32.1. The molecule has 2 rings (SSSR count). The lowest BCUT2D eigenvalue weighted by Crippen LogP contribution is -2.50. The minimum atomic E-state index is -0.533. The number of hydrogen-bond donors (Lipinski definition) is 2. The molecule has 1 aromatic heterocycles. The first-order valence-electron chi connectivity index (χ1n) is 7.22. The van der Waals surface area contributed by atoms with Gasteiger partial charge < -0.3 is 10.4 Å². The van der Waals surface area contributed by atoms with Crippen molar-refractivity contribution < 1.29 is 9.90 Å². The van der Waals surface area contributed by atoms with Crippen LogP contribution in [0.25, 0.3) is 11.1 Å². The van der Waals surface area contributed by atoms with E-state index in [9.17, 15) is 9.90 Å². The Kier molecular flexibility index (Phi) is 5.15. The van der Waals surface area contributed by atoms with Gasteiger partial charge in [0.15, 0.2) is 0 Å². The van der Waals surface area contributed by atoms with Crippen LogP contribution in [0.3, 0.4) is 0 Å². The van der Waals surface area contributed by atoms with E-state index in [1.54, 1.807) is 0 Å². The maximum absolute atomic E-state index is 12.6. The second-order valence-electron chi connectivity index (χ2n) is 5.13.